The van der Waals surface area contributed by atoms with Gasteiger partial charge in [0.2, 0.25) is 0 Å². The maximum absolute atomic E-state index is 14.2. The predicted molar refractivity (Wildman–Crippen MR) is 101 cm³/mol. The molecule has 2 aromatic rings. The van der Waals surface area contributed by atoms with Crippen LogP contribution in [0.4, 0.5) is 23.4 Å². The van der Waals surface area contributed by atoms with Gasteiger partial charge in [0.15, 0.2) is 5.82 Å². The first-order valence-electron chi connectivity index (χ1n) is 9.07. The fourth-order valence-corrected chi connectivity index (χ4v) is 3.13. The van der Waals surface area contributed by atoms with E-state index in [1.165, 1.54) is 12.1 Å². The van der Waals surface area contributed by atoms with Gasteiger partial charge in [-0.05, 0) is 37.6 Å². The molecule has 1 aliphatic heterocycles. The van der Waals surface area contributed by atoms with E-state index in [-0.39, 0.29) is 28.7 Å². The Balaban J connectivity index is 1.99. The Morgan fingerprint density at radius 3 is 2.62 bits per heavy atom. The van der Waals surface area contributed by atoms with Crippen LogP contribution in [-0.4, -0.2) is 46.9 Å². The number of cyclic esters (lactones) is 1. The molecule has 1 fully saturated rings. The highest BCUT2D eigenvalue weighted by Gasteiger charge is 2.43. The monoisotopic (exact) mass is 475 g/mol. The van der Waals surface area contributed by atoms with Gasteiger partial charge in [-0.1, -0.05) is 11.6 Å². The smallest absolute Gasteiger partial charge is 0.465 e. The molecule has 0 saturated carbocycles. The van der Waals surface area contributed by atoms with Gasteiger partial charge in [0.05, 0.1) is 18.2 Å². The fourth-order valence-electron chi connectivity index (χ4n) is 2.96. The van der Waals surface area contributed by atoms with Crippen LogP contribution in [0.2, 0.25) is 5.02 Å². The summed E-state index contributed by atoms with van der Waals surface area (Å²) >= 11 is 5.84. The van der Waals surface area contributed by atoms with Crippen LogP contribution in [0, 0.1) is 11.7 Å². The Morgan fingerprint density at radius 2 is 2.00 bits per heavy atom. The number of anilines is 1. The van der Waals surface area contributed by atoms with Gasteiger partial charge in [-0.2, -0.15) is 13.2 Å². The largest absolute Gasteiger partial charge is 0.491 e. The van der Waals surface area contributed by atoms with Crippen molar-refractivity contribution in [3.05, 3.63) is 40.7 Å². The van der Waals surface area contributed by atoms with Gasteiger partial charge in [0.25, 0.3) is 0 Å². The van der Waals surface area contributed by atoms with Gasteiger partial charge < -0.3 is 14.8 Å². The minimum atomic E-state index is -5.42. The molecule has 13 heteroatoms. The van der Waals surface area contributed by atoms with E-state index in [1.54, 1.807) is 6.92 Å². The van der Waals surface area contributed by atoms with Crippen molar-refractivity contribution in [3.63, 3.8) is 0 Å². The van der Waals surface area contributed by atoms with Gasteiger partial charge in [0, 0.05) is 16.6 Å². The molecule has 1 aromatic heterocycles. The molecule has 1 saturated heterocycles. The van der Waals surface area contributed by atoms with Crippen molar-refractivity contribution in [1.29, 1.82) is 0 Å². The molecule has 2 heterocycles. The summed E-state index contributed by atoms with van der Waals surface area (Å²) < 4.78 is 60.6. The molecule has 0 spiro atoms. The van der Waals surface area contributed by atoms with E-state index < -0.39 is 47.4 Å². The highest BCUT2D eigenvalue weighted by molar-refractivity contribution is 6.30. The molecule has 1 aliphatic rings. The van der Waals surface area contributed by atoms with E-state index in [2.05, 4.69) is 20.3 Å². The number of rotatable bonds is 5. The molecular formula is C19H14ClF4N3O5. The number of alkyl halides is 3. The van der Waals surface area contributed by atoms with Crippen molar-refractivity contribution in [1.82, 2.24) is 10.2 Å². The second kappa shape index (κ2) is 9.07. The summed E-state index contributed by atoms with van der Waals surface area (Å²) in [6.07, 6.45) is -5.06. The van der Waals surface area contributed by atoms with Crippen LogP contribution in [0.15, 0.2) is 24.3 Å². The van der Waals surface area contributed by atoms with Crippen LogP contribution in [0.3, 0.4) is 0 Å². The van der Waals surface area contributed by atoms with E-state index in [0.717, 1.165) is 12.1 Å². The molecule has 2 atom stereocenters. The first-order valence-corrected chi connectivity index (χ1v) is 9.45. The maximum Gasteiger partial charge on any atom is 0.491 e. The molecule has 3 rings (SSSR count). The van der Waals surface area contributed by atoms with Crippen LogP contribution in [0.1, 0.15) is 23.7 Å². The average molecular weight is 476 g/mol. The zero-order valence-corrected chi connectivity index (χ0v) is 17.0. The lowest BCUT2D eigenvalue weighted by Gasteiger charge is -2.19. The predicted octanol–water partition coefficient (Wildman–Crippen LogP) is 3.55. The standard InChI is InChI=1S/C19H14ClF4N3O5/c1-8(10-4-5-31-16(10)28)25-15-12(17(29)32-18(30)19(22,23)24)7-14(26-27-15)11-6-9(20)2-3-13(11)21/h2-3,6-8,10H,4-5H2,1H3,(H,25,27). The van der Waals surface area contributed by atoms with Gasteiger partial charge in [0.1, 0.15) is 11.4 Å². The van der Waals surface area contributed by atoms with Crippen molar-refractivity contribution < 1.29 is 41.4 Å². The van der Waals surface area contributed by atoms with Gasteiger partial charge in [-0.3, -0.25) is 4.79 Å². The van der Waals surface area contributed by atoms with Crippen LogP contribution in [0.5, 0.6) is 0 Å². The third-order valence-corrected chi connectivity index (χ3v) is 4.81. The number of aromatic nitrogens is 2. The molecule has 0 aliphatic carbocycles. The zero-order chi connectivity index (χ0) is 23.6. The van der Waals surface area contributed by atoms with Crippen molar-refractivity contribution in [2.75, 3.05) is 11.9 Å². The molecular weight excluding hydrogens is 462 g/mol. The Kier molecular flexibility index (Phi) is 6.63. The van der Waals surface area contributed by atoms with Gasteiger partial charge in [-0.15, -0.1) is 10.2 Å². The second-order valence-electron chi connectivity index (χ2n) is 6.79. The van der Waals surface area contributed by atoms with E-state index in [4.69, 9.17) is 16.3 Å². The Bertz CT molecular complexity index is 1080. The SMILES string of the molecule is CC(Nc1nnc(-c2cc(Cl)ccc2F)cc1C(=O)OC(=O)C(F)(F)F)C1CCOC1=O. The number of ether oxygens (including phenoxy) is 2. The summed E-state index contributed by atoms with van der Waals surface area (Å²) in [5.74, 6) is -6.74. The molecule has 0 amide bonds. The highest BCUT2D eigenvalue weighted by Crippen LogP contribution is 2.29. The van der Waals surface area contributed by atoms with Crippen molar-refractivity contribution in [2.24, 2.45) is 5.92 Å². The minimum absolute atomic E-state index is 0.121. The lowest BCUT2D eigenvalue weighted by molar-refractivity contribution is -0.193. The molecule has 8 nitrogen and oxygen atoms in total. The topological polar surface area (TPSA) is 107 Å². The van der Waals surface area contributed by atoms with Crippen LogP contribution in [-0.2, 0) is 19.1 Å². The third kappa shape index (κ3) is 5.13. The Hall–Kier alpha value is -3.28. The lowest BCUT2D eigenvalue weighted by Crippen LogP contribution is -2.31. The lowest BCUT2D eigenvalue weighted by atomic mass is 10.00. The first-order chi connectivity index (χ1) is 15.0. The molecule has 1 N–H and O–H groups in total. The van der Waals surface area contributed by atoms with Gasteiger partial charge in [-0.25, -0.2) is 14.0 Å². The summed E-state index contributed by atoms with van der Waals surface area (Å²) in [5.41, 5.74) is -1.08. The zero-order valence-electron chi connectivity index (χ0n) is 16.2. The van der Waals surface area contributed by atoms with E-state index >= 15 is 0 Å². The number of esters is 3. The highest BCUT2D eigenvalue weighted by atomic mass is 35.5. The molecule has 0 radical (unpaired) electrons. The number of hydrogen-bond donors (Lipinski definition) is 1. The van der Waals surface area contributed by atoms with Crippen LogP contribution >= 0.6 is 11.6 Å². The summed E-state index contributed by atoms with van der Waals surface area (Å²) in [6, 6.07) is 3.67. The number of nitrogens with zero attached hydrogens (tertiary/aromatic N) is 2. The normalized spacial score (nSPS) is 16.9. The Morgan fingerprint density at radius 1 is 1.28 bits per heavy atom. The molecule has 2 unspecified atom stereocenters. The summed E-state index contributed by atoms with van der Waals surface area (Å²) in [5, 5.41) is 10.3. The van der Waals surface area contributed by atoms with Crippen molar-refractivity contribution in [2.45, 2.75) is 25.6 Å². The molecule has 0 bridgehead atoms. The molecule has 32 heavy (non-hydrogen) atoms. The fraction of sp³-hybridized carbons (Fsp3) is 0.316. The second-order valence-corrected chi connectivity index (χ2v) is 7.22. The number of hydrogen-bond acceptors (Lipinski definition) is 8. The van der Waals surface area contributed by atoms with Crippen LogP contribution < -0.4 is 5.32 Å². The first kappa shape index (κ1) is 23.4. The molecule has 170 valence electrons. The number of benzene rings is 1. The number of nitrogens with one attached hydrogen (secondary N) is 1. The number of halogens is 5. The summed E-state index contributed by atoms with van der Waals surface area (Å²) in [4.78, 5) is 35.3. The summed E-state index contributed by atoms with van der Waals surface area (Å²) in [6.45, 7) is 1.74. The van der Waals surface area contributed by atoms with E-state index in [1.807, 2.05) is 0 Å². The van der Waals surface area contributed by atoms with Crippen LogP contribution in [0.25, 0.3) is 11.3 Å². The van der Waals surface area contributed by atoms with Crippen molar-refractivity contribution >= 4 is 35.3 Å². The third-order valence-electron chi connectivity index (χ3n) is 4.58. The van der Waals surface area contributed by atoms with E-state index in [9.17, 15) is 31.9 Å². The number of carbonyl (C=O) groups excluding carboxylic acids is 3. The number of carbonyl (C=O) groups is 3. The summed E-state index contributed by atoms with van der Waals surface area (Å²) in [7, 11) is 0. The quantitative estimate of drug-likeness (QED) is 0.397. The Labute approximate surface area is 182 Å². The van der Waals surface area contributed by atoms with Crippen molar-refractivity contribution in [3.8, 4) is 11.3 Å². The maximum atomic E-state index is 14.2. The van der Waals surface area contributed by atoms with Gasteiger partial charge >= 0.3 is 24.1 Å². The molecule has 1 aromatic carbocycles. The minimum Gasteiger partial charge on any atom is -0.465 e. The average Bonchev–Trinajstić information content (AvgIpc) is 3.15. The van der Waals surface area contributed by atoms with E-state index in [0.29, 0.717) is 6.42 Å².